The molecule has 0 N–H and O–H groups in total. The van der Waals surface area contributed by atoms with E-state index in [1.54, 1.807) is 34.6 Å². The number of hydrogen-bond acceptors (Lipinski definition) is 7. The summed E-state index contributed by atoms with van der Waals surface area (Å²) in [5.74, 6) is 4.14. The summed E-state index contributed by atoms with van der Waals surface area (Å²) in [6, 6.07) is 18.2. The maximum absolute atomic E-state index is 5.55. The van der Waals surface area contributed by atoms with Gasteiger partial charge in [-0.3, -0.25) is 4.98 Å². The monoisotopic (exact) mass is 501 g/mol. The Labute approximate surface area is 219 Å². The zero-order valence-electron chi connectivity index (χ0n) is 22.3. The van der Waals surface area contributed by atoms with Crippen molar-refractivity contribution in [1.82, 2.24) is 9.88 Å². The Balaban J connectivity index is 1.59. The number of nitrogens with zero attached hydrogens (tertiary/aromatic N) is 3. The predicted octanol–water partition coefficient (Wildman–Crippen LogP) is 5.48. The zero-order chi connectivity index (χ0) is 26.2. The highest BCUT2D eigenvalue weighted by Crippen LogP contribution is 2.31. The van der Waals surface area contributed by atoms with E-state index < -0.39 is 0 Å². The fourth-order valence-electron chi connectivity index (χ4n) is 4.50. The Morgan fingerprint density at radius 2 is 1.49 bits per heavy atom. The summed E-state index contributed by atoms with van der Waals surface area (Å²) in [5, 5.41) is 0. The number of pyridine rings is 1. The lowest BCUT2D eigenvalue weighted by Crippen LogP contribution is -2.34. The molecule has 2 heterocycles. The van der Waals surface area contributed by atoms with Gasteiger partial charge >= 0.3 is 0 Å². The van der Waals surface area contributed by atoms with Gasteiger partial charge < -0.3 is 23.8 Å². The highest BCUT2D eigenvalue weighted by Gasteiger charge is 2.21. The molecule has 3 aromatic rings. The van der Waals surface area contributed by atoms with Crippen molar-refractivity contribution in [3.05, 3.63) is 88.9 Å². The molecule has 0 amide bonds. The first-order valence-electron chi connectivity index (χ1n) is 12.4. The van der Waals surface area contributed by atoms with E-state index in [1.165, 1.54) is 11.1 Å². The van der Waals surface area contributed by atoms with Gasteiger partial charge in [0.25, 0.3) is 0 Å². The van der Waals surface area contributed by atoms with Gasteiger partial charge in [0.1, 0.15) is 17.3 Å². The quantitative estimate of drug-likeness (QED) is 0.347. The van der Waals surface area contributed by atoms with Crippen LogP contribution in [-0.2, 0) is 19.4 Å². The minimum absolute atomic E-state index is 0.725. The molecule has 0 aliphatic carbocycles. The SMILES string of the molecule is COc1ccc(CN2CC(Cc3ccc(OC)c(OC)c3)=C(CCc3cc(OC)ccn3)N=C2C)cc1. The molecule has 1 aliphatic rings. The second-order valence-corrected chi connectivity index (χ2v) is 8.97. The van der Waals surface area contributed by atoms with E-state index in [1.807, 2.05) is 36.4 Å². The smallest absolute Gasteiger partial charge is 0.160 e. The van der Waals surface area contributed by atoms with E-state index in [0.29, 0.717) is 0 Å². The van der Waals surface area contributed by atoms with Crippen molar-refractivity contribution in [2.75, 3.05) is 35.0 Å². The molecule has 0 spiro atoms. The largest absolute Gasteiger partial charge is 0.497 e. The minimum Gasteiger partial charge on any atom is -0.497 e. The first-order chi connectivity index (χ1) is 18.0. The number of rotatable bonds is 11. The molecule has 2 aromatic carbocycles. The number of hydrogen-bond donors (Lipinski definition) is 0. The van der Waals surface area contributed by atoms with Crippen LogP contribution in [0.25, 0.3) is 0 Å². The number of ether oxygens (including phenoxy) is 4. The summed E-state index contributed by atoms with van der Waals surface area (Å²) in [6.45, 7) is 3.66. The van der Waals surface area contributed by atoms with E-state index in [9.17, 15) is 0 Å². The summed E-state index contributed by atoms with van der Waals surface area (Å²) in [5.41, 5.74) is 5.76. The van der Waals surface area contributed by atoms with Crippen molar-refractivity contribution in [2.24, 2.45) is 4.99 Å². The second-order valence-electron chi connectivity index (χ2n) is 8.97. The molecule has 0 saturated heterocycles. The van der Waals surface area contributed by atoms with E-state index in [2.05, 4.69) is 35.0 Å². The normalized spacial score (nSPS) is 13.3. The molecule has 0 atom stereocenters. The van der Waals surface area contributed by atoms with E-state index >= 15 is 0 Å². The molecule has 1 aliphatic heterocycles. The standard InChI is InChI=1S/C30H35N3O4/c1-21-32-28(12-9-25-18-27(35-3)14-15-31-25)24(16-23-8-13-29(36-4)30(17-23)37-5)20-33(21)19-22-6-10-26(34-2)11-7-22/h6-8,10-11,13-15,17-18H,9,12,16,19-20H2,1-5H3. The van der Waals surface area contributed by atoms with Crippen LogP contribution in [0.2, 0.25) is 0 Å². The molecule has 0 saturated carbocycles. The van der Waals surface area contributed by atoms with E-state index in [-0.39, 0.29) is 0 Å². The van der Waals surface area contributed by atoms with Gasteiger partial charge in [0.15, 0.2) is 11.5 Å². The third-order valence-corrected chi connectivity index (χ3v) is 6.58. The van der Waals surface area contributed by atoms with Crippen LogP contribution in [0.15, 0.2) is 77.1 Å². The molecule has 194 valence electrons. The second kappa shape index (κ2) is 12.3. The molecular formula is C30H35N3O4. The van der Waals surface area contributed by atoms with Crippen LogP contribution in [0.4, 0.5) is 0 Å². The van der Waals surface area contributed by atoms with Gasteiger partial charge in [-0.1, -0.05) is 18.2 Å². The molecule has 37 heavy (non-hydrogen) atoms. The first kappa shape index (κ1) is 26.1. The van der Waals surface area contributed by atoms with Crippen LogP contribution in [-0.4, -0.2) is 50.7 Å². The lowest BCUT2D eigenvalue weighted by atomic mass is 9.98. The van der Waals surface area contributed by atoms with Gasteiger partial charge in [-0.25, -0.2) is 4.99 Å². The maximum atomic E-state index is 5.55. The van der Waals surface area contributed by atoms with Crippen molar-refractivity contribution in [3.63, 3.8) is 0 Å². The Hall–Kier alpha value is -4.00. The van der Waals surface area contributed by atoms with Crippen LogP contribution in [0.3, 0.4) is 0 Å². The maximum Gasteiger partial charge on any atom is 0.160 e. The predicted molar refractivity (Wildman–Crippen MR) is 146 cm³/mol. The van der Waals surface area contributed by atoms with Gasteiger partial charge in [-0.05, 0) is 73.2 Å². The number of amidine groups is 1. The van der Waals surface area contributed by atoms with E-state index in [4.69, 9.17) is 23.9 Å². The molecule has 4 rings (SSSR count). The van der Waals surface area contributed by atoms with Gasteiger partial charge in [0.2, 0.25) is 0 Å². The fraction of sp³-hybridized carbons (Fsp3) is 0.333. The number of aromatic nitrogens is 1. The third-order valence-electron chi connectivity index (χ3n) is 6.58. The topological polar surface area (TPSA) is 65.4 Å². The van der Waals surface area contributed by atoms with Gasteiger partial charge in [-0.15, -0.1) is 0 Å². The lowest BCUT2D eigenvalue weighted by Gasteiger charge is -2.31. The summed E-state index contributed by atoms with van der Waals surface area (Å²) < 4.78 is 21.7. The average molecular weight is 502 g/mol. The van der Waals surface area contributed by atoms with Crippen molar-refractivity contribution < 1.29 is 18.9 Å². The highest BCUT2D eigenvalue weighted by atomic mass is 16.5. The lowest BCUT2D eigenvalue weighted by molar-refractivity contribution is 0.354. The highest BCUT2D eigenvalue weighted by molar-refractivity contribution is 5.82. The first-order valence-corrected chi connectivity index (χ1v) is 12.4. The van der Waals surface area contributed by atoms with Crippen molar-refractivity contribution in [2.45, 2.75) is 32.7 Å². The van der Waals surface area contributed by atoms with Crippen molar-refractivity contribution >= 4 is 5.84 Å². The minimum atomic E-state index is 0.725. The van der Waals surface area contributed by atoms with Gasteiger partial charge in [0.05, 0.1) is 28.4 Å². The van der Waals surface area contributed by atoms with E-state index in [0.717, 1.165) is 78.1 Å². The Bertz CT molecular complexity index is 1270. The van der Waals surface area contributed by atoms with Crippen LogP contribution in [0.5, 0.6) is 23.0 Å². The molecule has 0 unspecified atom stereocenters. The molecule has 7 heteroatoms. The zero-order valence-corrected chi connectivity index (χ0v) is 22.3. The summed E-state index contributed by atoms with van der Waals surface area (Å²) >= 11 is 0. The molecular weight excluding hydrogens is 466 g/mol. The number of aryl methyl sites for hydroxylation is 1. The summed E-state index contributed by atoms with van der Waals surface area (Å²) in [6.07, 6.45) is 4.16. The molecule has 0 fully saturated rings. The summed E-state index contributed by atoms with van der Waals surface area (Å²) in [7, 11) is 6.68. The van der Waals surface area contributed by atoms with Gasteiger partial charge in [0, 0.05) is 36.7 Å². The molecule has 0 bridgehead atoms. The van der Waals surface area contributed by atoms with Crippen LogP contribution < -0.4 is 18.9 Å². The third kappa shape index (κ3) is 6.61. The molecule has 0 radical (unpaired) electrons. The molecule has 7 nitrogen and oxygen atoms in total. The van der Waals surface area contributed by atoms with Crippen LogP contribution in [0.1, 0.15) is 30.2 Å². The number of methoxy groups -OCH3 is 4. The van der Waals surface area contributed by atoms with Crippen LogP contribution >= 0.6 is 0 Å². The molecule has 1 aromatic heterocycles. The Morgan fingerprint density at radius 1 is 0.757 bits per heavy atom. The number of benzene rings is 2. The number of allylic oxidation sites excluding steroid dienone is 1. The van der Waals surface area contributed by atoms with Crippen molar-refractivity contribution in [1.29, 1.82) is 0 Å². The van der Waals surface area contributed by atoms with Crippen LogP contribution in [0, 0.1) is 0 Å². The average Bonchev–Trinajstić information content (AvgIpc) is 2.94. The fourth-order valence-corrected chi connectivity index (χ4v) is 4.50. The van der Waals surface area contributed by atoms with Gasteiger partial charge in [-0.2, -0.15) is 0 Å². The number of aliphatic imine (C=N–C) groups is 1. The Morgan fingerprint density at radius 3 is 2.19 bits per heavy atom. The Kier molecular flexibility index (Phi) is 8.67. The van der Waals surface area contributed by atoms with Crippen molar-refractivity contribution in [3.8, 4) is 23.0 Å². The summed E-state index contributed by atoms with van der Waals surface area (Å²) in [4.78, 5) is 11.9.